The predicted molar refractivity (Wildman–Crippen MR) is 128 cm³/mol. The summed E-state index contributed by atoms with van der Waals surface area (Å²) in [7, 11) is 0. The van der Waals surface area contributed by atoms with Gasteiger partial charge in [-0.05, 0) is 93.1 Å². The van der Waals surface area contributed by atoms with Gasteiger partial charge in [-0.3, -0.25) is 9.79 Å². The monoisotopic (exact) mass is 473 g/mol. The fourth-order valence-corrected chi connectivity index (χ4v) is 7.88. The van der Waals surface area contributed by atoms with E-state index in [2.05, 4.69) is 34.5 Å². The number of fused-ring (bicyclic) bond motifs is 5. The molecule has 2 N–H and O–H groups in total. The van der Waals surface area contributed by atoms with E-state index in [-0.39, 0.29) is 17.2 Å². The molecule has 3 fully saturated rings. The summed E-state index contributed by atoms with van der Waals surface area (Å²) >= 11 is 6.30. The molecule has 1 aliphatic heterocycles. The molecule has 0 aromatic rings. The van der Waals surface area contributed by atoms with Crippen LogP contribution in [0.25, 0.3) is 0 Å². The molecule has 5 rings (SSSR count). The number of dihydropyridines is 1. The maximum Gasteiger partial charge on any atom is 0.225 e. The van der Waals surface area contributed by atoms with Crippen molar-refractivity contribution in [3.05, 3.63) is 34.7 Å². The Kier molecular flexibility index (Phi) is 6.23. The van der Waals surface area contributed by atoms with Gasteiger partial charge in [0.2, 0.25) is 5.91 Å². The first-order valence-electron chi connectivity index (χ1n) is 12.4. The normalized spacial score (nSPS) is 38.9. The molecule has 1 heterocycles. The summed E-state index contributed by atoms with van der Waals surface area (Å²) < 4.78 is 13.9. The average Bonchev–Trinajstić information content (AvgIpc) is 3.10. The van der Waals surface area contributed by atoms with Gasteiger partial charge in [0.15, 0.2) is 11.7 Å². The van der Waals surface area contributed by atoms with Gasteiger partial charge in [-0.1, -0.05) is 35.3 Å². The highest BCUT2D eigenvalue weighted by Crippen LogP contribution is 2.63. The first kappa shape index (κ1) is 22.8. The summed E-state index contributed by atoms with van der Waals surface area (Å²) in [6, 6.07) is 0. The molecule has 6 atom stereocenters. The van der Waals surface area contributed by atoms with E-state index >= 15 is 0 Å². The topological polar surface area (TPSA) is 74.0 Å². The van der Waals surface area contributed by atoms with Gasteiger partial charge >= 0.3 is 0 Å². The number of amides is 1. The SMILES string of the molecule is C[C@]12CCC3C4CC=C(Cl)C=C4CCC3C1[C@H](CCC(=O)NC1=NCCC=C1F)C/C2=N\O. The fourth-order valence-electron chi connectivity index (χ4n) is 7.66. The van der Waals surface area contributed by atoms with E-state index in [4.69, 9.17) is 11.6 Å². The van der Waals surface area contributed by atoms with E-state index in [0.29, 0.717) is 55.4 Å². The molecule has 0 aromatic heterocycles. The summed E-state index contributed by atoms with van der Waals surface area (Å²) in [6.07, 6.45) is 13.5. The summed E-state index contributed by atoms with van der Waals surface area (Å²) in [5.41, 5.74) is 2.29. The lowest BCUT2D eigenvalue weighted by Gasteiger charge is -2.53. The van der Waals surface area contributed by atoms with Crippen molar-refractivity contribution >= 4 is 29.1 Å². The molecule has 1 amide bonds. The van der Waals surface area contributed by atoms with Crippen LogP contribution in [-0.4, -0.2) is 29.2 Å². The maximum atomic E-state index is 13.9. The predicted octanol–water partition coefficient (Wildman–Crippen LogP) is 5.90. The third kappa shape index (κ3) is 4.09. The number of nitrogens with zero attached hydrogens (tertiary/aromatic N) is 2. The van der Waals surface area contributed by atoms with Crippen LogP contribution in [0.5, 0.6) is 0 Å². The minimum absolute atomic E-state index is 0.0634. The smallest absolute Gasteiger partial charge is 0.225 e. The van der Waals surface area contributed by atoms with Gasteiger partial charge in [0.05, 0.1) is 5.71 Å². The molecule has 0 bridgehead atoms. The van der Waals surface area contributed by atoms with Crippen molar-refractivity contribution in [3.63, 3.8) is 0 Å². The van der Waals surface area contributed by atoms with E-state index in [0.717, 1.165) is 49.3 Å². The van der Waals surface area contributed by atoms with Crippen LogP contribution >= 0.6 is 11.6 Å². The third-order valence-electron chi connectivity index (χ3n) is 9.09. The lowest BCUT2D eigenvalue weighted by molar-refractivity contribution is -0.120. The van der Waals surface area contributed by atoms with Crippen LogP contribution in [0.15, 0.2) is 44.8 Å². The molecule has 4 aliphatic carbocycles. The van der Waals surface area contributed by atoms with E-state index in [9.17, 15) is 14.4 Å². The molecule has 3 saturated carbocycles. The largest absolute Gasteiger partial charge is 0.411 e. The van der Waals surface area contributed by atoms with Crippen molar-refractivity contribution in [2.75, 3.05) is 6.54 Å². The highest BCUT2D eigenvalue weighted by Gasteiger charge is 2.58. The van der Waals surface area contributed by atoms with Gasteiger partial charge in [0.1, 0.15) is 0 Å². The van der Waals surface area contributed by atoms with Gasteiger partial charge in [0, 0.05) is 23.4 Å². The van der Waals surface area contributed by atoms with Crippen LogP contribution in [0.3, 0.4) is 0 Å². The van der Waals surface area contributed by atoms with Crippen LogP contribution < -0.4 is 5.32 Å². The maximum absolute atomic E-state index is 13.9. The molecule has 0 radical (unpaired) electrons. The molecule has 5 nitrogen and oxygen atoms in total. The van der Waals surface area contributed by atoms with Crippen LogP contribution in [0.2, 0.25) is 0 Å². The summed E-state index contributed by atoms with van der Waals surface area (Å²) in [6.45, 7) is 2.77. The molecule has 178 valence electrons. The Bertz CT molecular complexity index is 984. The van der Waals surface area contributed by atoms with Crippen molar-refractivity contribution in [2.45, 2.75) is 64.7 Å². The average molecular weight is 474 g/mol. The zero-order valence-corrected chi connectivity index (χ0v) is 20.0. The van der Waals surface area contributed by atoms with Crippen LogP contribution in [0, 0.1) is 35.0 Å². The second-order valence-corrected chi connectivity index (χ2v) is 11.1. The zero-order chi connectivity index (χ0) is 23.2. The molecule has 33 heavy (non-hydrogen) atoms. The second kappa shape index (κ2) is 9.01. The number of hydrogen-bond acceptors (Lipinski definition) is 4. The van der Waals surface area contributed by atoms with Crippen LogP contribution in [-0.2, 0) is 4.79 Å². The Hall–Kier alpha value is -1.95. The summed E-state index contributed by atoms with van der Waals surface area (Å²) in [5, 5.41) is 17.1. The number of nitrogens with one attached hydrogen (secondary N) is 1. The van der Waals surface area contributed by atoms with Crippen molar-refractivity contribution in [1.82, 2.24) is 5.32 Å². The lowest BCUT2D eigenvalue weighted by atomic mass is 9.51. The van der Waals surface area contributed by atoms with E-state index in [1.54, 1.807) is 0 Å². The molecule has 4 unspecified atom stereocenters. The number of aliphatic imine (C=N–C) groups is 1. The van der Waals surface area contributed by atoms with Crippen LogP contribution in [0.4, 0.5) is 4.39 Å². The molecule has 0 aromatic carbocycles. The second-order valence-electron chi connectivity index (χ2n) is 10.7. The summed E-state index contributed by atoms with van der Waals surface area (Å²) in [4.78, 5) is 16.7. The molecule has 7 heteroatoms. The minimum atomic E-state index is -0.444. The highest BCUT2D eigenvalue weighted by atomic mass is 35.5. The van der Waals surface area contributed by atoms with E-state index in [1.807, 2.05) is 0 Å². The van der Waals surface area contributed by atoms with Gasteiger partial charge < -0.3 is 10.5 Å². The molecular weight excluding hydrogens is 441 g/mol. The number of rotatable bonds is 3. The molecule has 0 spiro atoms. The first-order chi connectivity index (χ1) is 15.9. The Balaban J connectivity index is 1.31. The standard InChI is InChI=1S/C26H33ClFN3O2/c1-26-11-10-19-18-8-6-17(27)13-15(18)4-7-20(19)24(26)16(14-22(26)31-33)5-9-23(32)30-25-21(28)3-2-12-29-25/h3,6,13,16,18-20,24,33H,2,4-5,7-12,14H2,1H3,(H,29,30,32)/b31-22+/t16-,18?,19?,20?,24?,26-/m1/s1. The Labute approximate surface area is 199 Å². The van der Waals surface area contributed by atoms with Gasteiger partial charge in [-0.25, -0.2) is 4.39 Å². The Morgan fingerprint density at radius 3 is 3.00 bits per heavy atom. The number of carbonyl (C=O) groups is 1. The molecule has 0 saturated heterocycles. The van der Waals surface area contributed by atoms with Gasteiger partial charge in [0.25, 0.3) is 0 Å². The Morgan fingerprint density at radius 1 is 1.36 bits per heavy atom. The number of carbonyl (C=O) groups excluding carboxylic acids is 1. The Morgan fingerprint density at radius 2 is 2.21 bits per heavy atom. The number of amidine groups is 1. The molecular formula is C26H33ClFN3O2. The zero-order valence-electron chi connectivity index (χ0n) is 19.2. The van der Waals surface area contributed by atoms with Crippen molar-refractivity contribution in [2.24, 2.45) is 45.2 Å². The minimum Gasteiger partial charge on any atom is -0.411 e. The van der Waals surface area contributed by atoms with Crippen molar-refractivity contribution in [1.29, 1.82) is 0 Å². The van der Waals surface area contributed by atoms with Crippen molar-refractivity contribution < 1.29 is 14.4 Å². The van der Waals surface area contributed by atoms with Crippen LogP contribution in [0.1, 0.15) is 64.7 Å². The quantitative estimate of drug-likeness (QED) is 0.395. The van der Waals surface area contributed by atoms with Gasteiger partial charge in [-0.2, -0.15) is 0 Å². The summed E-state index contributed by atoms with van der Waals surface area (Å²) in [5.74, 6) is 1.87. The first-order valence-corrected chi connectivity index (χ1v) is 12.8. The lowest BCUT2D eigenvalue weighted by Crippen LogP contribution is -2.47. The highest BCUT2D eigenvalue weighted by molar-refractivity contribution is 6.31. The van der Waals surface area contributed by atoms with E-state index in [1.165, 1.54) is 11.6 Å². The van der Waals surface area contributed by atoms with Crippen molar-refractivity contribution in [3.8, 4) is 0 Å². The number of halogens is 2. The number of hydrogen-bond donors (Lipinski definition) is 2. The van der Waals surface area contributed by atoms with E-state index < -0.39 is 5.83 Å². The fraction of sp³-hybridized carbons (Fsp3) is 0.654. The van der Waals surface area contributed by atoms with Gasteiger partial charge in [-0.15, -0.1) is 0 Å². The number of allylic oxidation sites excluding steroid dienone is 4. The number of oxime groups is 1. The third-order valence-corrected chi connectivity index (χ3v) is 9.35. The molecule has 5 aliphatic rings.